The quantitative estimate of drug-likeness (QED) is 0.843. The molecule has 1 N–H and O–H groups in total. The van der Waals surface area contributed by atoms with Crippen molar-refractivity contribution >= 4 is 49.2 Å². The molecule has 2 rings (SSSR count). The Bertz CT molecular complexity index is 718. The van der Waals surface area contributed by atoms with Crippen LogP contribution in [0, 0.1) is 0 Å². The summed E-state index contributed by atoms with van der Waals surface area (Å²) in [7, 11) is -3.61. The maximum absolute atomic E-state index is 12.1. The van der Waals surface area contributed by atoms with E-state index in [1.165, 1.54) is 18.2 Å². The zero-order chi connectivity index (χ0) is 14.8. The third-order valence-corrected chi connectivity index (χ3v) is 5.25. The van der Waals surface area contributed by atoms with Crippen LogP contribution in [0.3, 0.4) is 0 Å². The number of halogens is 3. The molecule has 20 heavy (non-hydrogen) atoms. The van der Waals surface area contributed by atoms with E-state index in [0.29, 0.717) is 5.02 Å². The Morgan fingerprint density at radius 3 is 2.25 bits per heavy atom. The van der Waals surface area contributed by atoms with Gasteiger partial charge in [-0.05, 0) is 35.9 Å². The van der Waals surface area contributed by atoms with E-state index in [1.54, 1.807) is 0 Å². The van der Waals surface area contributed by atoms with Gasteiger partial charge < -0.3 is 0 Å². The van der Waals surface area contributed by atoms with Crippen molar-refractivity contribution in [3.63, 3.8) is 0 Å². The second-order valence-corrected chi connectivity index (χ2v) is 7.52. The minimum atomic E-state index is -3.61. The highest BCUT2D eigenvalue weighted by Gasteiger charge is 2.15. The standard InChI is InChI=1S/C13H10BrCl2NO2S/c14-10-3-1-9(2-4-10)8-17-20(18,19)11-5-6-12(15)13(16)7-11/h1-7,17H,8H2. The Labute approximate surface area is 136 Å². The normalized spacial score (nSPS) is 11.6. The van der Waals surface area contributed by atoms with Gasteiger partial charge >= 0.3 is 0 Å². The minimum absolute atomic E-state index is 0.0870. The lowest BCUT2D eigenvalue weighted by Gasteiger charge is -2.08. The van der Waals surface area contributed by atoms with Gasteiger partial charge in [0.25, 0.3) is 0 Å². The fourth-order valence-electron chi connectivity index (χ4n) is 1.51. The average Bonchev–Trinajstić information content (AvgIpc) is 2.41. The lowest BCUT2D eigenvalue weighted by atomic mass is 10.2. The summed E-state index contributed by atoms with van der Waals surface area (Å²) in [6, 6.07) is 11.6. The molecule has 0 spiro atoms. The first-order valence-electron chi connectivity index (χ1n) is 5.58. The van der Waals surface area contributed by atoms with Crippen molar-refractivity contribution in [1.29, 1.82) is 0 Å². The lowest BCUT2D eigenvalue weighted by molar-refractivity contribution is 0.581. The maximum Gasteiger partial charge on any atom is 0.240 e. The van der Waals surface area contributed by atoms with Crippen LogP contribution in [0.25, 0.3) is 0 Å². The second kappa shape index (κ2) is 6.45. The Morgan fingerprint density at radius 2 is 1.65 bits per heavy atom. The lowest BCUT2D eigenvalue weighted by Crippen LogP contribution is -2.23. The molecule has 0 unspecified atom stereocenters. The van der Waals surface area contributed by atoms with E-state index in [1.807, 2.05) is 24.3 Å². The molecule has 0 aliphatic rings. The topological polar surface area (TPSA) is 46.2 Å². The molecular weight excluding hydrogens is 385 g/mol. The molecule has 7 heteroatoms. The molecule has 0 bridgehead atoms. The SMILES string of the molecule is O=S(=O)(NCc1ccc(Br)cc1)c1ccc(Cl)c(Cl)c1. The van der Waals surface area contributed by atoms with Crippen molar-refractivity contribution in [3.05, 3.63) is 62.5 Å². The molecule has 0 atom stereocenters. The molecule has 2 aromatic carbocycles. The maximum atomic E-state index is 12.1. The Kier molecular flexibility index (Phi) is 5.09. The number of benzene rings is 2. The van der Waals surface area contributed by atoms with E-state index in [-0.39, 0.29) is 16.5 Å². The van der Waals surface area contributed by atoms with Gasteiger partial charge in [0.15, 0.2) is 0 Å². The number of rotatable bonds is 4. The fraction of sp³-hybridized carbons (Fsp3) is 0.0769. The van der Waals surface area contributed by atoms with Crippen molar-refractivity contribution in [2.75, 3.05) is 0 Å². The highest BCUT2D eigenvalue weighted by Crippen LogP contribution is 2.24. The van der Waals surface area contributed by atoms with Crippen LogP contribution in [-0.4, -0.2) is 8.42 Å². The van der Waals surface area contributed by atoms with Gasteiger partial charge in [0.1, 0.15) is 0 Å². The van der Waals surface area contributed by atoms with E-state index >= 15 is 0 Å². The second-order valence-electron chi connectivity index (χ2n) is 4.03. The van der Waals surface area contributed by atoms with Gasteiger partial charge in [0, 0.05) is 11.0 Å². The van der Waals surface area contributed by atoms with Gasteiger partial charge in [-0.25, -0.2) is 13.1 Å². The summed E-state index contributed by atoms with van der Waals surface area (Å²) < 4.78 is 27.7. The molecule has 0 heterocycles. The van der Waals surface area contributed by atoms with Crippen LogP contribution in [0.1, 0.15) is 5.56 Å². The molecule has 106 valence electrons. The van der Waals surface area contributed by atoms with Crippen molar-refractivity contribution in [3.8, 4) is 0 Å². The summed E-state index contributed by atoms with van der Waals surface area (Å²) in [6.07, 6.45) is 0. The first kappa shape index (κ1) is 15.8. The number of sulfonamides is 1. The third kappa shape index (κ3) is 3.96. The molecular formula is C13H10BrCl2NO2S. The molecule has 0 aromatic heterocycles. The van der Waals surface area contributed by atoms with E-state index in [4.69, 9.17) is 23.2 Å². The predicted octanol–water partition coefficient (Wildman–Crippen LogP) is 4.23. The number of nitrogens with one attached hydrogen (secondary N) is 1. The zero-order valence-electron chi connectivity index (χ0n) is 10.1. The molecule has 0 saturated heterocycles. The van der Waals surface area contributed by atoms with Crippen molar-refractivity contribution < 1.29 is 8.42 Å². The highest BCUT2D eigenvalue weighted by molar-refractivity contribution is 9.10. The predicted molar refractivity (Wildman–Crippen MR) is 84.6 cm³/mol. The van der Waals surface area contributed by atoms with Crippen LogP contribution in [0.15, 0.2) is 51.8 Å². The van der Waals surface area contributed by atoms with Gasteiger partial charge in [0.05, 0.1) is 14.9 Å². The van der Waals surface area contributed by atoms with Crippen LogP contribution in [0.5, 0.6) is 0 Å². The van der Waals surface area contributed by atoms with Gasteiger partial charge in [-0.2, -0.15) is 0 Å². The molecule has 2 aromatic rings. The Hall–Kier alpha value is -0.590. The third-order valence-electron chi connectivity index (χ3n) is 2.58. The molecule has 0 aliphatic carbocycles. The Balaban J connectivity index is 2.14. The molecule has 0 saturated carbocycles. The van der Waals surface area contributed by atoms with E-state index in [9.17, 15) is 8.42 Å². The number of hydrogen-bond donors (Lipinski definition) is 1. The van der Waals surface area contributed by atoms with Gasteiger partial charge in [-0.1, -0.05) is 51.3 Å². The van der Waals surface area contributed by atoms with Gasteiger partial charge in [-0.15, -0.1) is 0 Å². The van der Waals surface area contributed by atoms with Gasteiger partial charge in [0.2, 0.25) is 10.0 Å². The van der Waals surface area contributed by atoms with Crippen molar-refractivity contribution in [2.24, 2.45) is 0 Å². The monoisotopic (exact) mass is 393 g/mol. The molecule has 0 radical (unpaired) electrons. The molecule has 0 amide bonds. The summed E-state index contributed by atoms with van der Waals surface area (Å²) in [4.78, 5) is 0.0870. The number of hydrogen-bond acceptors (Lipinski definition) is 2. The first-order chi connectivity index (χ1) is 9.38. The first-order valence-corrected chi connectivity index (χ1v) is 8.61. The summed E-state index contributed by atoms with van der Waals surface area (Å²) in [6.45, 7) is 0.204. The van der Waals surface area contributed by atoms with E-state index < -0.39 is 10.0 Å². The smallest absolute Gasteiger partial charge is 0.207 e. The average molecular weight is 395 g/mol. The Morgan fingerprint density at radius 1 is 1.00 bits per heavy atom. The molecule has 0 aliphatic heterocycles. The van der Waals surface area contributed by atoms with Crippen molar-refractivity contribution in [1.82, 2.24) is 4.72 Å². The van der Waals surface area contributed by atoms with Crippen LogP contribution in [0.4, 0.5) is 0 Å². The molecule has 0 fully saturated rings. The van der Waals surface area contributed by atoms with Crippen LogP contribution >= 0.6 is 39.1 Å². The zero-order valence-corrected chi connectivity index (χ0v) is 14.0. The van der Waals surface area contributed by atoms with E-state index in [2.05, 4.69) is 20.7 Å². The summed E-state index contributed by atoms with van der Waals surface area (Å²) >= 11 is 14.9. The summed E-state index contributed by atoms with van der Waals surface area (Å²) in [5, 5.41) is 0.525. The van der Waals surface area contributed by atoms with Crippen LogP contribution in [0.2, 0.25) is 10.0 Å². The van der Waals surface area contributed by atoms with Crippen LogP contribution < -0.4 is 4.72 Å². The van der Waals surface area contributed by atoms with Crippen LogP contribution in [-0.2, 0) is 16.6 Å². The highest BCUT2D eigenvalue weighted by atomic mass is 79.9. The largest absolute Gasteiger partial charge is 0.240 e. The van der Waals surface area contributed by atoms with Crippen molar-refractivity contribution in [2.45, 2.75) is 11.4 Å². The minimum Gasteiger partial charge on any atom is -0.207 e. The molecule has 3 nitrogen and oxygen atoms in total. The fourth-order valence-corrected chi connectivity index (χ4v) is 3.18. The van der Waals surface area contributed by atoms with E-state index in [0.717, 1.165) is 10.0 Å². The summed E-state index contributed by atoms with van der Waals surface area (Å²) in [5.41, 5.74) is 0.858. The van der Waals surface area contributed by atoms with Gasteiger partial charge in [-0.3, -0.25) is 0 Å². The summed E-state index contributed by atoms with van der Waals surface area (Å²) in [5.74, 6) is 0.